The largest absolute Gasteiger partial charge is 0.495 e. The van der Waals surface area contributed by atoms with E-state index in [2.05, 4.69) is 35.8 Å². The summed E-state index contributed by atoms with van der Waals surface area (Å²) in [6.07, 6.45) is 3.05. The lowest BCUT2D eigenvalue weighted by Crippen LogP contribution is -2.50. The summed E-state index contributed by atoms with van der Waals surface area (Å²) in [4.78, 5) is 29.0. The van der Waals surface area contributed by atoms with Gasteiger partial charge in [0.2, 0.25) is 0 Å². The molecule has 33 heavy (non-hydrogen) atoms. The van der Waals surface area contributed by atoms with Gasteiger partial charge in [-0.15, -0.1) is 11.8 Å². The Hall–Kier alpha value is -3.19. The van der Waals surface area contributed by atoms with Crippen LogP contribution < -0.4 is 15.6 Å². The molecule has 0 aliphatic carbocycles. The van der Waals surface area contributed by atoms with Crippen molar-refractivity contribution in [2.45, 2.75) is 23.8 Å². The number of hydrogen-bond acceptors (Lipinski definition) is 4. The number of amides is 2. The number of piperidine rings is 1. The van der Waals surface area contributed by atoms with Gasteiger partial charge in [0, 0.05) is 47.8 Å². The van der Waals surface area contributed by atoms with Crippen LogP contribution in [-0.2, 0) is 6.54 Å². The minimum absolute atomic E-state index is 0.0381. The van der Waals surface area contributed by atoms with Crippen molar-refractivity contribution >= 4 is 23.5 Å². The molecule has 0 radical (unpaired) electrons. The van der Waals surface area contributed by atoms with Crippen LogP contribution in [0.5, 0.6) is 5.75 Å². The normalized spacial score (nSPS) is 19.0. The first kappa shape index (κ1) is 21.6. The Morgan fingerprint density at radius 3 is 2.58 bits per heavy atom. The second-order valence-corrected chi connectivity index (χ2v) is 9.52. The highest BCUT2D eigenvalue weighted by molar-refractivity contribution is 7.98. The standard InChI is InChI=1S/C26H27N3O3S/c1-32-23-6-4-3-5-22(23)27-26(31)28-14-17-13-19(16-28)25-21(11-12-24(30)29(25)15-17)18-7-9-20(33-2)10-8-18/h3-12,17,19H,13-16H2,1-2H3,(H,27,31). The lowest BCUT2D eigenvalue weighted by molar-refractivity contribution is 0.140. The Morgan fingerprint density at radius 1 is 1.03 bits per heavy atom. The van der Waals surface area contributed by atoms with Crippen LogP contribution in [0.3, 0.4) is 0 Å². The molecule has 2 atom stereocenters. The number of nitrogens with one attached hydrogen (secondary N) is 1. The van der Waals surface area contributed by atoms with Crippen LogP contribution in [0.1, 0.15) is 18.0 Å². The Bertz CT molecular complexity index is 1240. The van der Waals surface area contributed by atoms with Gasteiger partial charge in [-0.1, -0.05) is 24.3 Å². The number of para-hydroxylation sites is 2. The molecule has 5 rings (SSSR count). The fourth-order valence-corrected chi connectivity index (χ4v) is 5.55. The van der Waals surface area contributed by atoms with Crippen LogP contribution in [0.2, 0.25) is 0 Å². The molecule has 170 valence electrons. The molecule has 0 spiro atoms. The van der Waals surface area contributed by atoms with Gasteiger partial charge in [0.25, 0.3) is 5.56 Å². The summed E-state index contributed by atoms with van der Waals surface area (Å²) in [5, 5.41) is 3.01. The zero-order chi connectivity index (χ0) is 22.9. The second-order valence-electron chi connectivity index (χ2n) is 8.64. The zero-order valence-corrected chi connectivity index (χ0v) is 19.6. The zero-order valence-electron chi connectivity index (χ0n) is 18.8. The maximum absolute atomic E-state index is 13.2. The molecule has 2 aliphatic rings. The van der Waals surface area contributed by atoms with E-state index in [0.717, 1.165) is 23.2 Å². The number of urea groups is 1. The molecule has 3 heterocycles. The van der Waals surface area contributed by atoms with E-state index in [1.807, 2.05) is 39.8 Å². The van der Waals surface area contributed by atoms with E-state index in [4.69, 9.17) is 4.74 Å². The highest BCUT2D eigenvalue weighted by Crippen LogP contribution is 2.40. The summed E-state index contributed by atoms with van der Waals surface area (Å²) >= 11 is 1.71. The number of carbonyl (C=O) groups excluding carboxylic acids is 1. The lowest BCUT2D eigenvalue weighted by atomic mass is 9.80. The number of rotatable bonds is 4. The molecule has 2 aromatic carbocycles. The number of ether oxygens (including phenoxy) is 1. The van der Waals surface area contributed by atoms with Crippen LogP contribution in [0.25, 0.3) is 11.1 Å². The van der Waals surface area contributed by atoms with Gasteiger partial charge in [-0.2, -0.15) is 0 Å². The van der Waals surface area contributed by atoms with E-state index in [9.17, 15) is 9.59 Å². The molecule has 1 saturated heterocycles. The minimum atomic E-state index is -0.133. The number of likely N-dealkylation sites (tertiary alicyclic amines) is 1. The number of anilines is 1. The molecule has 2 amide bonds. The summed E-state index contributed by atoms with van der Waals surface area (Å²) in [6.45, 7) is 1.85. The molecule has 2 aliphatic heterocycles. The lowest BCUT2D eigenvalue weighted by Gasteiger charge is -2.43. The predicted molar refractivity (Wildman–Crippen MR) is 132 cm³/mol. The van der Waals surface area contributed by atoms with Gasteiger partial charge in [0.15, 0.2) is 0 Å². The van der Waals surface area contributed by atoms with E-state index in [1.54, 1.807) is 24.9 Å². The number of fused-ring (bicyclic) bond motifs is 4. The number of aromatic nitrogens is 1. The van der Waals surface area contributed by atoms with Crippen LogP contribution in [0.15, 0.2) is 70.4 Å². The predicted octanol–water partition coefficient (Wildman–Crippen LogP) is 4.90. The van der Waals surface area contributed by atoms with E-state index < -0.39 is 0 Å². The number of pyridine rings is 1. The summed E-state index contributed by atoms with van der Waals surface area (Å²) < 4.78 is 7.31. The highest BCUT2D eigenvalue weighted by Gasteiger charge is 2.38. The summed E-state index contributed by atoms with van der Waals surface area (Å²) in [5.41, 5.74) is 3.93. The Morgan fingerprint density at radius 2 is 1.82 bits per heavy atom. The monoisotopic (exact) mass is 461 g/mol. The van der Waals surface area contributed by atoms with Crippen molar-refractivity contribution in [3.05, 3.63) is 76.7 Å². The van der Waals surface area contributed by atoms with E-state index >= 15 is 0 Å². The van der Waals surface area contributed by atoms with Crippen molar-refractivity contribution < 1.29 is 9.53 Å². The smallest absolute Gasteiger partial charge is 0.321 e. The van der Waals surface area contributed by atoms with Crippen molar-refractivity contribution in [1.29, 1.82) is 0 Å². The van der Waals surface area contributed by atoms with E-state index in [1.165, 1.54) is 4.90 Å². The van der Waals surface area contributed by atoms with Crippen LogP contribution in [-0.4, -0.2) is 42.0 Å². The van der Waals surface area contributed by atoms with E-state index in [-0.39, 0.29) is 23.4 Å². The molecule has 1 N–H and O–H groups in total. The molecule has 1 fully saturated rings. The van der Waals surface area contributed by atoms with Gasteiger partial charge in [-0.3, -0.25) is 4.79 Å². The summed E-state index contributed by atoms with van der Waals surface area (Å²) in [5.74, 6) is 1.01. The van der Waals surface area contributed by atoms with Crippen molar-refractivity contribution in [2.24, 2.45) is 5.92 Å². The van der Waals surface area contributed by atoms with Crippen LogP contribution in [0.4, 0.5) is 10.5 Å². The fourth-order valence-electron chi connectivity index (χ4n) is 5.14. The third-order valence-electron chi connectivity index (χ3n) is 6.63. The molecule has 7 heteroatoms. The first-order chi connectivity index (χ1) is 16.1. The molecular formula is C26H27N3O3S. The maximum Gasteiger partial charge on any atom is 0.321 e. The van der Waals surface area contributed by atoms with Gasteiger partial charge in [0.05, 0.1) is 12.8 Å². The van der Waals surface area contributed by atoms with Crippen molar-refractivity contribution in [3.63, 3.8) is 0 Å². The third kappa shape index (κ3) is 4.13. The molecule has 1 aromatic heterocycles. The Balaban J connectivity index is 1.45. The first-order valence-electron chi connectivity index (χ1n) is 11.1. The molecule has 6 nitrogen and oxygen atoms in total. The number of thioether (sulfide) groups is 1. The SMILES string of the molecule is COc1ccccc1NC(=O)N1CC2CC(C1)c1c(-c3ccc(SC)cc3)ccc(=O)n1C2. The third-order valence-corrected chi connectivity index (χ3v) is 7.37. The fraction of sp³-hybridized carbons (Fsp3) is 0.308. The number of benzene rings is 2. The molecule has 0 saturated carbocycles. The summed E-state index contributed by atoms with van der Waals surface area (Å²) in [7, 11) is 1.60. The first-order valence-corrected chi connectivity index (χ1v) is 12.4. The highest BCUT2D eigenvalue weighted by atomic mass is 32.2. The Kier molecular flexibility index (Phi) is 5.89. The van der Waals surface area contributed by atoms with Gasteiger partial charge >= 0.3 is 6.03 Å². The van der Waals surface area contributed by atoms with Crippen molar-refractivity contribution in [2.75, 3.05) is 31.8 Å². The number of carbonyl (C=O) groups is 1. The average molecular weight is 462 g/mol. The van der Waals surface area contributed by atoms with E-state index in [0.29, 0.717) is 31.1 Å². The van der Waals surface area contributed by atoms with Gasteiger partial charge in [-0.05, 0) is 54.5 Å². The summed E-state index contributed by atoms with van der Waals surface area (Å²) in [6, 6.07) is 19.4. The number of methoxy groups -OCH3 is 1. The van der Waals surface area contributed by atoms with Crippen molar-refractivity contribution in [3.8, 4) is 16.9 Å². The van der Waals surface area contributed by atoms with Gasteiger partial charge < -0.3 is 19.5 Å². The molecule has 2 bridgehead atoms. The Labute approximate surface area is 197 Å². The molecular weight excluding hydrogens is 434 g/mol. The topological polar surface area (TPSA) is 63.6 Å². The quantitative estimate of drug-likeness (QED) is 0.562. The number of hydrogen-bond donors (Lipinski definition) is 1. The van der Waals surface area contributed by atoms with Gasteiger partial charge in [0.1, 0.15) is 5.75 Å². The maximum atomic E-state index is 13.2. The molecule has 2 unspecified atom stereocenters. The van der Waals surface area contributed by atoms with Crippen molar-refractivity contribution in [1.82, 2.24) is 9.47 Å². The average Bonchev–Trinajstić information content (AvgIpc) is 2.85. The second kappa shape index (κ2) is 8.98. The number of nitrogens with zero attached hydrogens (tertiary/aromatic N) is 2. The van der Waals surface area contributed by atoms with Crippen LogP contribution in [0, 0.1) is 5.92 Å². The molecule has 3 aromatic rings. The van der Waals surface area contributed by atoms with Gasteiger partial charge in [-0.25, -0.2) is 4.79 Å². The minimum Gasteiger partial charge on any atom is -0.495 e. The van der Waals surface area contributed by atoms with Crippen LogP contribution >= 0.6 is 11.8 Å².